The molecule has 0 aliphatic heterocycles. The molecule has 2 aromatic rings. The van der Waals surface area contributed by atoms with Crippen molar-refractivity contribution in [3.8, 4) is 5.75 Å². The summed E-state index contributed by atoms with van der Waals surface area (Å²) in [6.45, 7) is 5.64. The van der Waals surface area contributed by atoms with Gasteiger partial charge in [-0.15, -0.1) is 0 Å². The molecule has 2 saturated carbocycles. The van der Waals surface area contributed by atoms with E-state index in [4.69, 9.17) is 4.74 Å². The molecule has 0 radical (unpaired) electrons. The van der Waals surface area contributed by atoms with E-state index in [1.165, 1.54) is 18.2 Å². The number of hydrogen-bond acceptors (Lipinski definition) is 3. The average molecular weight is 532 g/mol. The monoisotopic (exact) mass is 531 g/mol. The van der Waals surface area contributed by atoms with Gasteiger partial charge in [0.05, 0.1) is 17.9 Å². The van der Waals surface area contributed by atoms with Gasteiger partial charge in [-0.1, -0.05) is 32.0 Å². The average Bonchev–Trinajstić information content (AvgIpc) is 2.79. The summed E-state index contributed by atoms with van der Waals surface area (Å²) in [5.74, 6) is -3.11. The minimum atomic E-state index is -4.72. The van der Waals surface area contributed by atoms with Crippen LogP contribution in [0, 0.1) is 17.3 Å². The molecule has 10 heteroatoms. The fourth-order valence-electron chi connectivity index (χ4n) is 5.70. The molecular weight excluding hydrogens is 500 g/mol. The summed E-state index contributed by atoms with van der Waals surface area (Å²) in [6, 6.07) is 7.17. The van der Waals surface area contributed by atoms with Crippen molar-refractivity contribution in [1.82, 2.24) is 5.32 Å². The van der Waals surface area contributed by atoms with E-state index in [-0.39, 0.29) is 48.9 Å². The van der Waals surface area contributed by atoms with Crippen LogP contribution in [0.2, 0.25) is 0 Å². The molecule has 2 fully saturated rings. The zero-order valence-electron chi connectivity index (χ0n) is 20.8. The third kappa shape index (κ3) is 5.54. The number of carboxylic acids is 1. The Balaban J connectivity index is 1.54. The molecule has 0 saturated heterocycles. The first-order valence-electron chi connectivity index (χ1n) is 12.4. The first-order chi connectivity index (χ1) is 17.1. The third-order valence-corrected chi connectivity index (χ3v) is 8.24. The highest BCUT2D eigenvalue weighted by molar-refractivity contribution is 5.89. The number of nitrogens with one attached hydrogen (secondary N) is 1. The summed E-state index contributed by atoms with van der Waals surface area (Å²) in [6.07, 6.45) is -9.49. The van der Waals surface area contributed by atoms with Crippen molar-refractivity contribution in [2.24, 2.45) is 17.3 Å². The maximum atomic E-state index is 14.1. The van der Waals surface area contributed by atoms with Gasteiger partial charge in [0.15, 0.2) is 0 Å². The molecule has 204 valence electrons. The number of fused-ring (bicyclic) bond motifs is 1. The van der Waals surface area contributed by atoms with Crippen LogP contribution in [0.15, 0.2) is 30.3 Å². The number of alkyl halides is 6. The minimum absolute atomic E-state index is 0.0418. The number of aliphatic carboxylic acids is 1. The van der Waals surface area contributed by atoms with Gasteiger partial charge < -0.3 is 15.2 Å². The molecule has 2 aliphatic carbocycles. The predicted molar refractivity (Wildman–Crippen MR) is 126 cm³/mol. The Morgan fingerprint density at radius 1 is 1.05 bits per heavy atom. The highest BCUT2D eigenvalue weighted by Crippen LogP contribution is 2.48. The second-order valence-corrected chi connectivity index (χ2v) is 10.9. The molecule has 2 aromatic carbocycles. The zero-order chi connectivity index (χ0) is 27.3. The van der Waals surface area contributed by atoms with Gasteiger partial charge in [0.1, 0.15) is 11.3 Å². The van der Waals surface area contributed by atoms with E-state index in [2.05, 4.69) is 5.32 Å². The quantitative estimate of drug-likeness (QED) is 0.379. The highest BCUT2D eigenvalue weighted by atomic mass is 19.4. The van der Waals surface area contributed by atoms with E-state index >= 15 is 0 Å². The third-order valence-electron chi connectivity index (χ3n) is 8.24. The first kappa shape index (κ1) is 27.5. The Labute approximate surface area is 211 Å². The Morgan fingerprint density at radius 3 is 2.24 bits per heavy atom. The summed E-state index contributed by atoms with van der Waals surface area (Å²) in [7, 11) is 0. The van der Waals surface area contributed by atoms with Crippen molar-refractivity contribution >= 4 is 16.7 Å². The molecule has 4 rings (SSSR count). The van der Waals surface area contributed by atoms with Crippen molar-refractivity contribution in [2.75, 3.05) is 0 Å². The number of ether oxygens (including phenoxy) is 1. The lowest BCUT2D eigenvalue weighted by molar-refractivity contribution is -0.185. The molecule has 37 heavy (non-hydrogen) atoms. The second kappa shape index (κ2) is 9.67. The van der Waals surface area contributed by atoms with Crippen LogP contribution < -0.4 is 10.1 Å². The van der Waals surface area contributed by atoms with Crippen molar-refractivity contribution in [2.45, 2.75) is 83.4 Å². The van der Waals surface area contributed by atoms with Gasteiger partial charge >= 0.3 is 18.3 Å². The standard InChI is InChI=1S/C27H31F6NO3/c1-14(34-22-13-20(24(35)36)25(22,2)3)15-4-10-19-16(12-15)5-11-21(23(19)27(31,32)33)37-18-8-6-17(7-9-18)26(28,29)30/h4-5,10-12,14,17-18,20,22,34H,6-9,13H2,1-3H3,(H,35,36)/t14-,17-,18+,20?,22?/m1/s1. The Bertz CT molecular complexity index is 1150. The second-order valence-electron chi connectivity index (χ2n) is 10.9. The van der Waals surface area contributed by atoms with Crippen LogP contribution in [0.1, 0.15) is 70.0 Å². The Morgan fingerprint density at radius 2 is 1.70 bits per heavy atom. The number of carbonyl (C=O) groups is 1. The molecule has 3 atom stereocenters. The predicted octanol–water partition coefficient (Wildman–Crippen LogP) is 7.51. The zero-order valence-corrected chi connectivity index (χ0v) is 20.8. The molecule has 0 amide bonds. The van der Waals surface area contributed by atoms with E-state index < -0.39 is 47.2 Å². The van der Waals surface area contributed by atoms with Crippen LogP contribution in [0.3, 0.4) is 0 Å². The number of rotatable bonds is 6. The highest BCUT2D eigenvalue weighted by Gasteiger charge is 2.52. The van der Waals surface area contributed by atoms with Crippen molar-refractivity contribution in [1.29, 1.82) is 0 Å². The lowest BCUT2D eigenvalue weighted by Gasteiger charge is -2.51. The van der Waals surface area contributed by atoms with Gasteiger partial charge in [-0.3, -0.25) is 4.79 Å². The summed E-state index contributed by atoms with van der Waals surface area (Å²) in [4.78, 5) is 11.4. The van der Waals surface area contributed by atoms with Gasteiger partial charge in [0.25, 0.3) is 0 Å². The van der Waals surface area contributed by atoms with Crippen LogP contribution in [-0.4, -0.2) is 29.4 Å². The van der Waals surface area contributed by atoms with Crippen LogP contribution in [-0.2, 0) is 11.0 Å². The van der Waals surface area contributed by atoms with Gasteiger partial charge in [0.2, 0.25) is 0 Å². The molecular formula is C27H31F6NO3. The van der Waals surface area contributed by atoms with Gasteiger partial charge in [-0.2, -0.15) is 26.3 Å². The van der Waals surface area contributed by atoms with Crippen LogP contribution in [0.25, 0.3) is 10.8 Å². The lowest BCUT2D eigenvalue weighted by Crippen LogP contribution is -2.59. The summed E-state index contributed by atoms with van der Waals surface area (Å²) < 4.78 is 86.9. The summed E-state index contributed by atoms with van der Waals surface area (Å²) in [5.41, 5.74) is -0.625. The Hall–Kier alpha value is -2.49. The van der Waals surface area contributed by atoms with Gasteiger partial charge in [-0.05, 0) is 72.9 Å². The van der Waals surface area contributed by atoms with Crippen LogP contribution in [0.4, 0.5) is 26.3 Å². The SMILES string of the molecule is C[C@@H](NC1CC(C(=O)O)C1(C)C)c1ccc2c(C(F)(F)F)c(O[C@H]3CC[C@@H](C(F)(F)F)CC3)ccc2c1. The van der Waals surface area contributed by atoms with E-state index in [1.807, 2.05) is 20.8 Å². The first-order valence-corrected chi connectivity index (χ1v) is 12.4. The molecule has 0 aromatic heterocycles. The molecule has 4 nitrogen and oxygen atoms in total. The van der Waals surface area contributed by atoms with Crippen LogP contribution >= 0.6 is 0 Å². The molecule has 2 unspecified atom stereocenters. The van der Waals surface area contributed by atoms with E-state index in [0.717, 1.165) is 5.56 Å². The van der Waals surface area contributed by atoms with Gasteiger partial charge in [-0.25, -0.2) is 0 Å². The van der Waals surface area contributed by atoms with Crippen molar-refractivity contribution in [3.05, 3.63) is 41.5 Å². The summed E-state index contributed by atoms with van der Waals surface area (Å²) >= 11 is 0. The number of hydrogen-bond donors (Lipinski definition) is 2. The fourth-order valence-corrected chi connectivity index (χ4v) is 5.70. The fraction of sp³-hybridized carbons (Fsp3) is 0.593. The maximum absolute atomic E-state index is 14.1. The molecule has 0 heterocycles. The summed E-state index contributed by atoms with van der Waals surface area (Å²) in [5, 5.41) is 13.1. The molecule has 2 N–H and O–H groups in total. The number of halogens is 6. The number of carboxylic acid groups (broad SMARTS) is 1. The minimum Gasteiger partial charge on any atom is -0.490 e. The maximum Gasteiger partial charge on any atom is 0.420 e. The lowest BCUT2D eigenvalue weighted by atomic mass is 9.58. The van der Waals surface area contributed by atoms with E-state index in [1.54, 1.807) is 12.1 Å². The Kier molecular flexibility index (Phi) is 7.20. The largest absolute Gasteiger partial charge is 0.490 e. The topological polar surface area (TPSA) is 58.6 Å². The molecule has 0 bridgehead atoms. The van der Waals surface area contributed by atoms with Crippen molar-refractivity contribution in [3.63, 3.8) is 0 Å². The molecule has 0 spiro atoms. The number of benzene rings is 2. The van der Waals surface area contributed by atoms with Crippen LogP contribution in [0.5, 0.6) is 5.75 Å². The van der Waals surface area contributed by atoms with Crippen molar-refractivity contribution < 1.29 is 41.0 Å². The normalized spacial score (nSPS) is 26.9. The van der Waals surface area contributed by atoms with E-state index in [0.29, 0.717) is 11.8 Å². The van der Waals surface area contributed by atoms with Gasteiger partial charge in [0, 0.05) is 12.1 Å². The smallest absolute Gasteiger partial charge is 0.420 e. The van der Waals surface area contributed by atoms with E-state index in [9.17, 15) is 36.2 Å². The molecule has 2 aliphatic rings.